The number of ether oxygens (including phenoxy) is 1. The van der Waals surface area contributed by atoms with Gasteiger partial charge in [0.25, 0.3) is 5.91 Å². The lowest BCUT2D eigenvalue weighted by molar-refractivity contribution is -0.123. The van der Waals surface area contributed by atoms with Crippen molar-refractivity contribution in [2.24, 2.45) is 0 Å². The first-order valence-electron chi connectivity index (χ1n) is 5.32. The molecule has 94 valence electrons. The third-order valence-corrected chi connectivity index (χ3v) is 2.35. The summed E-state index contributed by atoms with van der Waals surface area (Å²) in [6.07, 6.45) is -0.568. The van der Waals surface area contributed by atoms with Crippen molar-refractivity contribution >= 4 is 17.5 Å². The number of hydrogen-bond acceptors (Lipinski definition) is 3. The third-order valence-electron chi connectivity index (χ3n) is 2.04. The summed E-state index contributed by atoms with van der Waals surface area (Å²) in [6, 6.07) is 5.35. The highest BCUT2D eigenvalue weighted by atomic mass is 35.5. The average molecular weight is 258 g/mol. The topological polar surface area (TPSA) is 58.6 Å². The van der Waals surface area contributed by atoms with E-state index in [0.29, 0.717) is 10.8 Å². The summed E-state index contributed by atoms with van der Waals surface area (Å²) in [7, 11) is 0. The van der Waals surface area contributed by atoms with Crippen molar-refractivity contribution in [1.82, 2.24) is 5.32 Å². The molecule has 4 nitrogen and oxygen atoms in total. The SMILES string of the molecule is Cc1ccc(Cl)c(OCC(=O)NC[C@@H](C)O)c1. The van der Waals surface area contributed by atoms with E-state index in [0.717, 1.165) is 5.56 Å². The smallest absolute Gasteiger partial charge is 0.258 e. The standard InChI is InChI=1S/C12H16ClNO3/c1-8-3-4-10(13)11(5-8)17-7-12(16)14-6-9(2)15/h3-5,9,15H,6-7H2,1-2H3,(H,14,16)/t9-/m1/s1. The molecule has 17 heavy (non-hydrogen) atoms. The fraction of sp³-hybridized carbons (Fsp3) is 0.417. The van der Waals surface area contributed by atoms with E-state index < -0.39 is 6.10 Å². The number of aliphatic hydroxyl groups excluding tert-OH is 1. The second-order valence-corrected chi connectivity index (χ2v) is 4.28. The van der Waals surface area contributed by atoms with Crippen molar-refractivity contribution in [2.45, 2.75) is 20.0 Å². The van der Waals surface area contributed by atoms with E-state index in [2.05, 4.69) is 5.32 Å². The van der Waals surface area contributed by atoms with Crippen LogP contribution in [0.25, 0.3) is 0 Å². The van der Waals surface area contributed by atoms with Crippen molar-refractivity contribution in [3.63, 3.8) is 0 Å². The number of benzene rings is 1. The minimum absolute atomic E-state index is 0.115. The summed E-state index contributed by atoms with van der Waals surface area (Å²) in [5.74, 6) is 0.197. The van der Waals surface area contributed by atoms with Crippen molar-refractivity contribution in [2.75, 3.05) is 13.2 Å². The summed E-state index contributed by atoms with van der Waals surface area (Å²) in [6.45, 7) is 3.61. The van der Waals surface area contributed by atoms with E-state index in [-0.39, 0.29) is 19.1 Å². The van der Waals surface area contributed by atoms with Crippen LogP contribution >= 0.6 is 11.6 Å². The lowest BCUT2D eigenvalue weighted by Crippen LogP contribution is -2.34. The van der Waals surface area contributed by atoms with E-state index in [1.54, 1.807) is 19.1 Å². The largest absolute Gasteiger partial charge is 0.482 e. The van der Waals surface area contributed by atoms with Crippen LogP contribution in [0.1, 0.15) is 12.5 Å². The Labute approximate surface area is 106 Å². The van der Waals surface area contributed by atoms with Crippen LogP contribution in [0, 0.1) is 6.92 Å². The zero-order chi connectivity index (χ0) is 12.8. The van der Waals surface area contributed by atoms with Crippen LogP contribution in [-0.2, 0) is 4.79 Å². The van der Waals surface area contributed by atoms with Crippen LogP contribution < -0.4 is 10.1 Å². The molecule has 2 N–H and O–H groups in total. The summed E-state index contributed by atoms with van der Waals surface area (Å²) >= 11 is 5.91. The fourth-order valence-electron chi connectivity index (χ4n) is 1.18. The Morgan fingerprint density at radius 3 is 2.94 bits per heavy atom. The van der Waals surface area contributed by atoms with Crippen molar-refractivity contribution in [3.8, 4) is 5.75 Å². The van der Waals surface area contributed by atoms with Gasteiger partial charge in [-0.25, -0.2) is 0 Å². The molecule has 1 atom stereocenters. The Morgan fingerprint density at radius 2 is 2.29 bits per heavy atom. The zero-order valence-electron chi connectivity index (χ0n) is 9.87. The molecule has 1 rings (SSSR count). The van der Waals surface area contributed by atoms with E-state index in [1.165, 1.54) is 0 Å². The highest BCUT2D eigenvalue weighted by Crippen LogP contribution is 2.24. The van der Waals surface area contributed by atoms with E-state index in [4.69, 9.17) is 21.4 Å². The molecule has 0 heterocycles. The Hall–Kier alpha value is -1.26. The lowest BCUT2D eigenvalue weighted by Gasteiger charge is -2.10. The van der Waals surface area contributed by atoms with Gasteiger partial charge in [0, 0.05) is 6.54 Å². The summed E-state index contributed by atoms with van der Waals surface area (Å²) in [5.41, 5.74) is 1.01. The minimum atomic E-state index is -0.568. The van der Waals surface area contributed by atoms with Gasteiger partial charge >= 0.3 is 0 Å². The van der Waals surface area contributed by atoms with E-state index >= 15 is 0 Å². The number of halogens is 1. The van der Waals surface area contributed by atoms with Gasteiger partial charge in [-0.2, -0.15) is 0 Å². The maximum atomic E-state index is 11.3. The van der Waals surface area contributed by atoms with Gasteiger partial charge in [0.2, 0.25) is 0 Å². The first-order valence-corrected chi connectivity index (χ1v) is 5.70. The van der Waals surface area contributed by atoms with Crippen LogP contribution in [0.2, 0.25) is 5.02 Å². The van der Waals surface area contributed by atoms with Gasteiger partial charge in [-0.1, -0.05) is 17.7 Å². The molecule has 5 heteroatoms. The molecule has 0 spiro atoms. The predicted molar refractivity (Wildman–Crippen MR) is 66.4 cm³/mol. The summed E-state index contributed by atoms with van der Waals surface area (Å²) in [4.78, 5) is 11.3. The first-order chi connectivity index (χ1) is 7.99. The van der Waals surface area contributed by atoms with Crippen LogP contribution in [0.15, 0.2) is 18.2 Å². The van der Waals surface area contributed by atoms with E-state index in [1.807, 2.05) is 13.0 Å². The Balaban J connectivity index is 2.44. The quantitative estimate of drug-likeness (QED) is 0.841. The van der Waals surface area contributed by atoms with Gasteiger partial charge in [0.1, 0.15) is 5.75 Å². The number of hydrogen-bond donors (Lipinski definition) is 2. The number of amides is 1. The zero-order valence-corrected chi connectivity index (χ0v) is 10.6. The van der Waals surface area contributed by atoms with Crippen molar-refractivity contribution in [1.29, 1.82) is 0 Å². The number of aliphatic hydroxyl groups is 1. The molecule has 0 aliphatic carbocycles. The maximum Gasteiger partial charge on any atom is 0.258 e. The van der Waals surface area contributed by atoms with Gasteiger partial charge in [-0.3, -0.25) is 4.79 Å². The van der Waals surface area contributed by atoms with Crippen LogP contribution in [-0.4, -0.2) is 30.3 Å². The summed E-state index contributed by atoms with van der Waals surface area (Å²) in [5, 5.41) is 12.0. The van der Waals surface area contributed by atoms with Crippen molar-refractivity contribution < 1.29 is 14.6 Å². The lowest BCUT2D eigenvalue weighted by atomic mass is 10.2. The normalized spacial score (nSPS) is 12.0. The minimum Gasteiger partial charge on any atom is -0.482 e. The molecular formula is C12H16ClNO3. The van der Waals surface area contributed by atoms with Gasteiger partial charge in [-0.15, -0.1) is 0 Å². The second kappa shape index (κ2) is 6.47. The van der Waals surface area contributed by atoms with Crippen LogP contribution in [0.5, 0.6) is 5.75 Å². The van der Waals surface area contributed by atoms with Crippen LogP contribution in [0.3, 0.4) is 0 Å². The number of rotatable bonds is 5. The van der Waals surface area contributed by atoms with E-state index in [9.17, 15) is 4.79 Å². The molecule has 0 radical (unpaired) electrons. The molecule has 0 aliphatic heterocycles. The number of aryl methyl sites for hydroxylation is 1. The molecule has 1 aromatic rings. The van der Waals surface area contributed by atoms with Crippen LogP contribution in [0.4, 0.5) is 0 Å². The fourth-order valence-corrected chi connectivity index (χ4v) is 1.35. The molecule has 0 saturated heterocycles. The summed E-state index contributed by atoms with van der Waals surface area (Å²) < 4.78 is 5.29. The van der Waals surface area contributed by atoms with Crippen molar-refractivity contribution in [3.05, 3.63) is 28.8 Å². The first kappa shape index (κ1) is 13.8. The molecule has 0 saturated carbocycles. The number of carbonyl (C=O) groups is 1. The monoisotopic (exact) mass is 257 g/mol. The van der Waals surface area contributed by atoms with Gasteiger partial charge < -0.3 is 15.2 Å². The maximum absolute atomic E-state index is 11.3. The molecule has 0 aliphatic rings. The molecule has 0 aromatic heterocycles. The van der Waals surface area contributed by atoms with Gasteiger partial charge in [0.05, 0.1) is 11.1 Å². The molecule has 1 amide bonds. The molecule has 1 aromatic carbocycles. The second-order valence-electron chi connectivity index (χ2n) is 3.88. The van der Waals surface area contributed by atoms with Gasteiger partial charge in [-0.05, 0) is 31.5 Å². The Kier molecular flexibility index (Phi) is 5.25. The predicted octanol–water partition coefficient (Wildman–Crippen LogP) is 1.52. The average Bonchev–Trinajstić information content (AvgIpc) is 2.27. The molecule has 0 unspecified atom stereocenters. The number of nitrogens with one attached hydrogen (secondary N) is 1. The Bertz CT molecular complexity index is 393. The Morgan fingerprint density at radius 1 is 1.59 bits per heavy atom. The highest BCUT2D eigenvalue weighted by Gasteiger charge is 2.06. The third kappa shape index (κ3) is 5.06. The molecule has 0 fully saturated rings. The number of carbonyl (C=O) groups excluding carboxylic acids is 1. The van der Waals surface area contributed by atoms with Gasteiger partial charge in [0.15, 0.2) is 6.61 Å². The highest BCUT2D eigenvalue weighted by molar-refractivity contribution is 6.32. The molecular weight excluding hydrogens is 242 g/mol. The molecule has 0 bridgehead atoms.